The van der Waals surface area contributed by atoms with Crippen LogP contribution in [0, 0.1) is 30.2 Å². The minimum atomic E-state index is -4.35. The third kappa shape index (κ3) is 5.74. The molecule has 0 radical (unpaired) electrons. The number of anilines is 3. The summed E-state index contributed by atoms with van der Waals surface area (Å²) >= 11 is 0. The highest BCUT2D eigenvalue weighted by atomic mass is 32.2. The van der Waals surface area contributed by atoms with E-state index in [-0.39, 0.29) is 22.9 Å². The van der Waals surface area contributed by atoms with E-state index >= 15 is 8.78 Å². The third-order valence-corrected chi connectivity index (χ3v) is 5.89. The summed E-state index contributed by atoms with van der Waals surface area (Å²) in [7, 11) is -4.35. The van der Waals surface area contributed by atoms with E-state index in [9.17, 15) is 22.0 Å². The van der Waals surface area contributed by atoms with Crippen LogP contribution in [0.4, 0.5) is 34.8 Å². The Labute approximate surface area is 204 Å². The van der Waals surface area contributed by atoms with Gasteiger partial charge in [0.25, 0.3) is 16.1 Å². The lowest BCUT2D eigenvalue weighted by Crippen LogP contribution is -2.27. The number of carbonyl (C=O) groups is 1. The van der Waals surface area contributed by atoms with E-state index < -0.39 is 62.9 Å². The zero-order valence-electron chi connectivity index (χ0n) is 18.8. The molecule has 1 aliphatic rings. The topological polar surface area (TPSA) is 126 Å². The van der Waals surface area contributed by atoms with Gasteiger partial charge in [-0.2, -0.15) is 8.42 Å². The summed E-state index contributed by atoms with van der Waals surface area (Å²) in [6, 6.07) is 6.12. The fourth-order valence-corrected chi connectivity index (χ4v) is 3.90. The molecule has 0 aliphatic heterocycles. The molecule has 1 heterocycles. The summed E-state index contributed by atoms with van der Waals surface area (Å²) in [4.78, 5) is 16.4. The van der Waals surface area contributed by atoms with Crippen molar-refractivity contribution in [3.05, 3.63) is 82.1 Å². The SMILES string of the molecule is Cc1ccc(Nc2c(C(=O)NC3CC3)cc(Cc3ccnc(NS(N)(=O)=O)c3F)c(F)c2F)c(F)c1. The largest absolute Gasteiger partial charge is 0.350 e. The highest BCUT2D eigenvalue weighted by Gasteiger charge is 2.29. The molecule has 1 aliphatic carbocycles. The second-order valence-corrected chi connectivity index (χ2v) is 9.69. The fraction of sp³-hybridized carbons (Fsp3) is 0.217. The summed E-state index contributed by atoms with van der Waals surface area (Å²) in [5, 5.41) is 9.98. The molecule has 8 nitrogen and oxygen atoms in total. The summed E-state index contributed by atoms with van der Waals surface area (Å²) in [5.41, 5.74) is -1.10. The number of halogens is 4. The van der Waals surface area contributed by atoms with E-state index in [4.69, 9.17) is 5.14 Å². The van der Waals surface area contributed by atoms with Crippen LogP contribution in [0.2, 0.25) is 0 Å². The van der Waals surface area contributed by atoms with Crippen LogP contribution in [-0.4, -0.2) is 25.4 Å². The van der Waals surface area contributed by atoms with E-state index in [1.54, 1.807) is 17.7 Å². The maximum Gasteiger partial charge on any atom is 0.297 e. The predicted molar refractivity (Wildman–Crippen MR) is 125 cm³/mol. The molecule has 2 aromatic carbocycles. The number of aryl methyl sites for hydroxylation is 1. The van der Waals surface area contributed by atoms with Crippen molar-refractivity contribution < 1.29 is 30.8 Å². The molecule has 0 saturated heterocycles. The van der Waals surface area contributed by atoms with E-state index in [1.807, 2.05) is 0 Å². The van der Waals surface area contributed by atoms with Crippen molar-refractivity contribution in [1.29, 1.82) is 0 Å². The lowest BCUT2D eigenvalue weighted by molar-refractivity contribution is 0.0951. The second-order valence-electron chi connectivity index (χ2n) is 8.40. The molecule has 5 N–H and O–H groups in total. The van der Waals surface area contributed by atoms with Gasteiger partial charge < -0.3 is 10.6 Å². The van der Waals surface area contributed by atoms with Crippen LogP contribution >= 0.6 is 0 Å². The highest BCUT2D eigenvalue weighted by molar-refractivity contribution is 7.90. The fourth-order valence-electron chi connectivity index (χ4n) is 3.49. The Hall–Kier alpha value is -3.71. The first-order chi connectivity index (χ1) is 16.9. The molecule has 3 aromatic rings. The minimum Gasteiger partial charge on any atom is -0.350 e. The van der Waals surface area contributed by atoms with E-state index in [0.29, 0.717) is 5.56 Å². The van der Waals surface area contributed by atoms with Crippen molar-refractivity contribution in [1.82, 2.24) is 10.3 Å². The number of benzene rings is 2. The molecular weight excluding hydrogens is 502 g/mol. The maximum atomic E-state index is 15.3. The molecule has 0 unspecified atom stereocenters. The molecule has 4 rings (SSSR count). The van der Waals surface area contributed by atoms with Gasteiger partial charge in [0, 0.05) is 18.7 Å². The average molecular weight is 524 g/mol. The molecule has 1 amide bonds. The Morgan fingerprint density at radius 1 is 1.06 bits per heavy atom. The Morgan fingerprint density at radius 2 is 1.78 bits per heavy atom. The van der Waals surface area contributed by atoms with Crippen LogP contribution in [0.3, 0.4) is 0 Å². The molecule has 36 heavy (non-hydrogen) atoms. The lowest BCUT2D eigenvalue weighted by Gasteiger charge is -2.17. The number of carbonyl (C=O) groups excluding carboxylic acids is 1. The van der Waals surface area contributed by atoms with Crippen molar-refractivity contribution >= 4 is 33.3 Å². The Morgan fingerprint density at radius 3 is 2.42 bits per heavy atom. The number of rotatable bonds is 8. The smallest absolute Gasteiger partial charge is 0.297 e. The normalized spacial score (nSPS) is 13.4. The minimum absolute atomic E-state index is 0.123. The van der Waals surface area contributed by atoms with Gasteiger partial charge in [0.15, 0.2) is 23.3 Å². The number of nitrogens with two attached hydrogens (primary N) is 1. The van der Waals surface area contributed by atoms with Crippen molar-refractivity contribution in [2.45, 2.75) is 32.2 Å². The van der Waals surface area contributed by atoms with Gasteiger partial charge in [-0.1, -0.05) is 6.07 Å². The molecule has 0 spiro atoms. The number of aromatic nitrogens is 1. The van der Waals surface area contributed by atoms with E-state index in [2.05, 4.69) is 15.6 Å². The molecule has 13 heteroatoms. The van der Waals surface area contributed by atoms with E-state index in [0.717, 1.165) is 31.2 Å². The molecule has 190 valence electrons. The van der Waals surface area contributed by atoms with Crippen molar-refractivity contribution in [3.8, 4) is 0 Å². The quantitative estimate of drug-likeness (QED) is 0.334. The van der Waals surface area contributed by atoms with Crippen LogP contribution in [0.5, 0.6) is 0 Å². The van der Waals surface area contributed by atoms with Crippen LogP contribution in [0.25, 0.3) is 0 Å². The number of pyridine rings is 1. The highest BCUT2D eigenvalue weighted by Crippen LogP contribution is 2.32. The third-order valence-electron chi connectivity index (χ3n) is 5.41. The van der Waals surface area contributed by atoms with Gasteiger partial charge in [-0.25, -0.2) is 27.7 Å². The molecule has 0 bridgehead atoms. The summed E-state index contributed by atoms with van der Waals surface area (Å²) in [6.45, 7) is 1.65. The Bertz CT molecular complexity index is 1460. The zero-order valence-corrected chi connectivity index (χ0v) is 19.6. The zero-order chi connectivity index (χ0) is 26.2. The number of nitrogens with zero attached hydrogens (tertiary/aromatic N) is 1. The average Bonchev–Trinajstić information content (AvgIpc) is 3.60. The van der Waals surface area contributed by atoms with Gasteiger partial charge in [0.1, 0.15) is 5.82 Å². The Kier molecular flexibility index (Phi) is 6.87. The van der Waals surface area contributed by atoms with Gasteiger partial charge in [0.2, 0.25) is 0 Å². The monoisotopic (exact) mass is 523 g/mol. The standard InChI is InChI=1S/C23H21F4N5O3S/c1-11-2-5-17(16(24)8-11)31-21-15(23(33)30-14-3-4-14)10-13(18(25)20(21)27)9-12-6-7-29-22(19(12)26)32-36(28,34)35/h2,5-8,10,14,31H,3-4,9H2,1H3,(H,29,32)(H,30,33)(H2,28,34,35). The first-order valence-electron chi connectivity index (χ1n) is 10.7. The van der Waals surface area contributed by atoms with Crippen LogP contribution in [0.15, 0.2) is 36.5 Å². The van der Waals surface area contributed by atoms with Gasteiger partial charge in [-0.05, 0) is 60.7 Å². The predicted octanol–water partition coefficient (Wildman–Crippen LogP) is 3.79. The van der Waals surface area contributed by atoms with E-state index in [1.165, 1.54) is 12.1 Å². The van der Waals surface area contributed by atoms with Crippen molar-refractivity contribution in [2.24, 2.45) is 5.14 Å². The lowest BCUT2D eigenvalue weighted by atomic mass is 9.99. The summed E-state index contributed by atoms with van der Waals surface area (Å²) in [6.07, 6.45) is 1.94. The molecular formula is C23H21F4N5O3S. The molecule has 1 aromatic heterocycles. The van der Waals surface area contributed by atoms with Crippen molar-refractivity contribution in [3.63, 3.8) is 0 Å². The molecule has 0 atom stereocenters. The molecule has 1 saturated carbocycles. The summed E-state index contributed by atoms with van der Waals surface area (Å²) in [5.74, 6) is -6.20. The molecule has 1 fully saturated rings. The van der Waals surface area contributed by atoms with Crippen LogP contribution < -0.4 is 20.5 Å². The van der Waals surface area contributed by atoms with Crippen LogP contribution in [-0.2, 0) is 16.6 Å². The number of nitrogens with one attached hydrogen (secondary N) is 3. The van der Waals surface area contributed by atoms with Gasteiger partial charge in [0.05, 0.1) is 16.9 Å². The van der Waals surface area contributed by atoms with Gasteiger partial charge in [-0.3, -0.25) is 9.52 Å². The number of hydrogen-bond donors (Lipinski definition) is 4. The first kappa shape index (κ1) is 25.4. The second kappa shape index (κ2) is 9.74. The summed E-state index contributed by atoms with van der Waals surface area (Å²) < 4.78 is 83.8. The Balaban J connectivity index is 1.76. The first-order valence-corrected chi connectivity index (χ1v) is 12.3. The van der Waals surface area contributed by atoms with Crippen LogP contribution in [0.1, 0.15) is 39.9 Å². The van der Waals surface area contributed by atoms with Gasteiger partial charge in [-0.15, -0.1) is 0 Å². The number of amides is 1. The van der Waals surface area contributed by atoms with Crippen molar-refractivity contribution in [2.75, 3.05) is 10.0 Å². The maximum absolute atomic E-state index is 15.3. The van der Waals surface area contributed by atoms with Gasteiger partial charge >= 0.3 is 0 Å². The number of hydrogen-bond acceptors (Lipinski definition) is 5.